The maximum Gasteiger partial charge on any atom is 0.316 e. The van der Waals surface area contributed by atoms with Crippen molar-refractivity contribution in [3.05, 3.63) is 0 Å². The molecule has 0 spiro atoms. The molecule has 1 aliphatic rings. The summed E-state index contributed by atoms with van der Waals surface area (Å²) in [5.41, 5.74) is 0. The van der Waals surface area contributed by atoms with Crippen LogP contribution < -0.4 is 10.6 Å². The second kappa shape index (κ2) is 6.25. The zero-order chi connectivity index (χ0) is 12.0. The molecule has 0 radical (unpaired) electrons. The van der Waals surface area contributed by atoms with E-state index in [9.17, 15) is 9.59 Å². The van der Waals surface area contributed by atoms with Crippen LogP contribution in [0.15, 0.2) is 4.99 Å². The summed E-state index contributed by atoms with van der Waals surface area (Å²) in [5.74, 6) is -0.424. The minimum atomic E-state index is -0.625. The summed E-state index contributed by atoms with van der Waals surface area (Å²) in [6.07, 6.45) is 4.59. The molecule has 90 valence electrons. The molecular weight excluding hydrogens is 206 g/mol. The summed E-state index contributed by atoms with van der Waals surface area (Å²) >= 11 is 0. The Morgan fingerprint density at radius 2 is 1.81 bits per heavy atom. The quantitative estimate of drug-likeness (QED) is 0.656. The number of rotatable bonds is 6. The van der Waals surface area contributed by atoms with Crippen molar-refractivity contribution in [2.75, 3.05) is 6.54 Å². The molecule has 1 aliphatic heterocycles. The molecule has 1 saturated heterocycles. The standard InChI is InChI=1S/C11H19N3O2/c1-3-5-6-8(4-2)7-12-11-13-9(15)10(16)14-11/h8H,3-7H2,1-2H3,(H2,12,13,14,15,16). The molecule has 0 aromatic heterocycles. The van der Waals surface area contributed by atoms with Crippen LogP contribution in [0.3, 0.4) is 0 Å². The predicted octanol–water partition coefficient (Wildman–Crippen LogP) is 0.805. The fraction of sp³-hybridized carbons (Fsp3) is 0.727. The number of hydrogen-bond acceptors (Lipinski definition) is 3. The van der Waals surface area contributed by atoms with Gasteiger partial charge in [-0.3, -0.25) is 25.2 Å². The second-order valence-corrected chi connectivity index (χ2v) is 4.01. The minimum Gasteiger partial charge on any atom is -0.288 e. The van der Waals surface area contributed by atoms with E-state index in [4.69, 9.17) is 0 Å². The molecule has 0 bridgehead atoms. The van der Waals surface area contributed by atoms with Gasteiger partial charge < -0.3 is 0 Å². The molecule has 1 rings (SSSR count). The van der Waals surface area contributed by atoms with Gasteiger partial charge in [0.25, 0.3) is 0 Å². The summed E-state index contributed by atoms with van der Waals surface area (Å²) < 4.78 is 0. The van der Waals surface area contributed by atoms with E-state index in [-0.39, 0.29) is 0 Å². The maximum absolute atomic E-state index is 10.9. The summed E-state index contributed by atoms with van der Waals surface area (Å²) in [5, 5.41) is 4.78. The van der Waals surface area contributed by atoms with Crippen LogP contribution in [-0.4, -0.2) is 24.3 Å². The highest BCUT2D eigenvalue weighted by Gasteiger charge is 2.25. The van der Waals surface area contributed by atoms with Crippen LogP contribution in [0.25, 0.3) is 0 Å². The van der Waals surface area contributed by atoms with Crippen LogP contribution in [0.5, 0.6) is 0 Å². The Kier molecular flexibility index (Phi) is 4.95. The molecule has 1 fully saturated rings. The highest BCUT2D eigenvalue weighted by atomic mass is 16.2. The van der Waals surface area contributed by atoms with E-state index < -0.39 is 11.8 Å². The van der Waals surface area contributed by atoms with E-state index in [1.54, 1.807) is 0 Å². The van der Waals surface area contributed by atoms with Crippen LogP contribution in [0.4, 0.5) is 0 Å². The third-order valence-electron chi connectivity index (χ3n) is 2.72. The number of amides is 2. The van der Waals surface area contributed by atoms with Crippen molar-refractivity contribution in [2.24, 2.45) is 10.9 Å². The van der Waals surface area contributed by atoms with Gasteiger partial charge in [0.1, 0.15) is 0 Å². The molecule has 1 unspecified atom stereocenters. The summed E-state index contributed by atoms with van der Waals surface area (Å²) in [6.45, 7) is 4.95. The van der Waals surface area contributed by atoms with E-state index in [1.165, 1.54) is 12.8 Å². The number of hydrogen-bond donors (Lipinski definition) is 2. The van der Waals surface area contributed by atoms with Crippen molar-refractivity contribution in [2.45, 2.75) is 39.5 Å². The molecule has 1 heterocycles. The molecule has 5 nitrogen and oxygen atoms in total. The zero-order valence-electron chi connectivity index (χ0n) is 9.88. The molecule has 16 heavy (non-hydrogen) atoms. The van der Waals surface area contributed by atoms with Gasteiger partial charge in [0.05, 0.1) is 0 Å². The number of nitrogens with zero attached hydrogens (tertiary/aromatic N) is 1. The SMILES string of the molecule is CCCCC(CC)CN=C1NC(=O)C(=O)N1. The lowest BCUT2D eigenvalue weighted by Gasteiger charge is -2.11. The van der Waals surface area contributed by atoms with Gasteiger partial charge in [0.15, 0.2) is 0 Å². The van der Waals surface area contributed by atoms with Gasteiger partial charge in [-0.15, -0.1) is 0 Å². The number of carbonyl (C=O) groups is 2. The van der Waals surface area contributed by atoms with Gasteiger partial charge in [0, 0.05) is 6.54 Å². The van der Waals surface area contributed by atoms with Gasteiger partial charge in [0.2, 0.25) is 5.96 Å². The average molecular weight is 225 g/mol. The first kappa shape index (κ1) is 12.7. The number of unbranched alkanes of at least 4 members (excludes halogenated alkanes) is 1. The average Bonchev–Trinajstić information content (AvgIpc) is 2.59. The van der Waals surface area contributed by atoms with Gasteiger partial charge in [-0.05, 0) is 12.3 Å². The minimum absolute atomic E-state index is 0.296. The predicted molar refractivity (Wildman–Crippen MR) is 61.9 cm³/mol. The Balaban J connectivity index is 2.39. The van der Waals surface area contributed by atoms with Crippen LogP contribution in [-0.2, 0) is 9.59 Å². The summed E-state index contributed by atoms with van der Waals surface area (Å²) in [7, 11) is 0. The van der Waals surface area contributed by atoms with Gasteiger partial charge in [-0.25, -0.2) is 0 Å². The monoisotopic (exact) mass is 225 g/mol. The van der Waals surface area contributed by atoms with Crippen molar-refractivity contribution in [3.8, 4) is 0 Å². The molecule has 2 amide bonds. The highest BCUT2D eigenvalue weighted by molar-refractivity contribution is 6.45. The molecule has 0 aliphatic carbocycles. The van der Waals surface area contributed by atoms with Crippen LogP contribution >= 0.6 is 0 Å². The molecule has 0 saturated carbocycles. The molecular formula is C11H19N3O2. The molecule has 0 aromatic carbocycles. The fourth-order valence-electron chi connectivity index (χ4n) is 1.58. The van der Waals surface area contributed by atoms with Crippen LogP contribution in [0, 0.1) is 5.92 Å². The number of aliphatic imine (C=N–C) groups is 1. The lowest BCUT2D eigenvalue weighted by atomic mass is 10.00. The van der Waals surface area contributed by atoms with Gasteiger partial charge in [-0.2, -0.15) is 0 Å². The molecule has 1 atom stereocenters. The third kappa shape index (κ3) is 3.64. The van der Waals surface area contributed by atoms with E-state index in [0.29, 0.717) is 18.4 Å². The normalized spacial score (nSPS) is 17.0. The molecule has 5 heteroatoms. The van der Waals surface area contributed by atoms with E-state index in [2.05, 4.69) is 29.5 Å². The Labute approximate surface area is 95.7 Å². The summed E-state index contributed by atoms with van der Waals surface area (Å²) in [4.78, 5) is 25.9. The smallest absolute Gasteiger partial charge is 0.288 e. The van der Waals surface area contributed by atoms with Crippen LogP contribution in [0.1, 0.15) is 39.5 Å². The Bertz CT molecular complexity index is 282. The van der Waals surface area contributed by atoms with Crippen molar-refractivity contribution < 1.29 is 9.59 Å². The zero-order valence-corrected chi connectivity index (χ0v) is 9.88. The largest absolute Gasteiger partial charge is 0.316 e. The maximum atomic E-state index is 10.9. The molecule has 0 aromatic rings. The van der Waals surface area contributed by atoms with Crippen molar-refractivity contribution in [1.82, 2.24) is 10.6 Å². The Morgan fingerprint density at radius 3 is 2.31 bits per heavy atom. The number of nitrogens with one attached hydrogen (secondary N) is 2. The second-order valence-electron chi connectivity index (χ2n) is 4.01. The topological polar surface area (TPSA) is 70.6 Å². The first-order chi connectivity index (χ1) is 7.67. The van der Waals surface area contributed by atoms with E-state index in [1.807, 2.05) is 0 Å². The van der Waals surface area contributed by atoms with Crippen LogP contribution in [0.2, 0.25) is 0 Å². The summed E-state index contributed by atoms with van der Waals surface area (Å²) in [6, 6.07) is 0. The van der Waals surface area contributed by atoms with Crippen molar-refractivity contribution >= 4 is 17.8 Å². The third-order valence-corrected chi connectivity index (χ3v) is 2.72. The number of carbonyl (C=O) groups excluding carboxylic acids is 2. The first-order valence-corrected chi connectivity index (χ1v) is 5.84. The first-order valence-electron chi connectivity index (χ1n) is 5.84. The van der Waals surface area contributed by atoms with Crippen molar-refractivity contribution in [3.63, 3.8) is 0 Å². The fourth-order valence-corrected chi connectivity index (χ4v) is 1.58. The molecule has 2 N–H and O–H groups in total. The lowest BCUT2D eigenvalue weighted by Crippen LogP contribution is -2.26. The van der Waals surface area contributed by atoms with E-state index in [0.717, 1.165) is 12.8 Å². The van der Waals surface area contributed by atoms with Crippen molar-refractivity contribution in [1.29, 1.82) is 0 Å². The number of guanidine groups is 1. The van der Waals surface area contributed by atoms with E-state index >= 15 is 0 Å². The Morgan fingerprint density at radius 1 is 1.19 bits per heavy atom. The van der Waals surface area contributed by atoms with Gasteiger partial charge in [-0.1, -0.05) is 33.1 Å². The lowest BCUT2D eigenvalue weighted by molar-refractivity contribution is -0.135. The Hall–Kier alpha value is -1.39. The van der Waals surface area contributed by atoms with Gasteiger partial charge >= 0.3 is 11.8 Å². The highest BCUT2D eigenvalue weighted by Crippen LogP contribution is 2.12.